The van der Waals surface area contributed by atoms with Gasteiger partial charge in [-0.05, 0) is 67.8 Å². The van der Waals surface area contributed by atoms with Crippen LogP contribution in [0.25, 0.3) is 10.9 Å². The number of pyridine rings is 1. The van der Waals surface area contributed by atoms with E-state index in [2.05, 4.69) is 46.6 Å². The number of hydrogen-bond donors (Lipinski definition) is 15. The number of nitrogens with one attached hydrogen (secondary N) is 8. The zero-order chi connectivity index (χ0) is 67.2. The summed E-state index contributed by atoms with van der Waals surface area (Å²) in [7, 11) is -7.43. The molecule has 504 valence electrons. The molecule has 91 heavy (non-hydrogen) atoms. The molecule has 1 saturated heterocycles. The Morgan fingerprint density at radius 2 is 1.35 bits per heavy atom. The Kier molecular flexibility index (Phi) is 28.7. The summed E-state index contributed by atoms with van der Waals surface area (Å²) in [6.07, 6.45) is 4.59. The molecule has 0 spiro atoms. The van der Waals surface area contributed by atoms with Crippen molar-refractivity contribution in [2.24, 2.45) is 7.05 Å². The van der Waals surface area contributed by atoms with E-state index < -0.39 is 128 Å². The first-order chi connectivity index (χ1) is 42.9. The molecule has 15 N–H and O–H groups in total. The lowest BCUT2D eigenvalue weighted by atomic mass is 10.1. The number of sulfonamides is 1. The topological polar surface area (TPSA) is 486 Å². The molecule has 2 aromatic heterocycles. The zero-order valence-corrected chi connectivity index (χ0v) is 53.0. The molecule has 1 aliphatic rings. The van der Waals surface area contributed by atoms with E-state index in [1.807, 2.05) is 11.8 Å². The number of H-pyrrole nitrogens is 1. The molecule has 0 radical (unpaired) electrons. The van der Waals surface area contributed by atoms with Gasteiger partial charge in [-0.25, -0.2) is 17.6 Å². The summed E-state index contributed by atoms with van der Waals surface area (Å²) >= 11 is -2.70. The number of nitrogens with zero attached hydrogens (tertiary/aromatic N) is 6. The number of benzene rings is 2. The monoisotopic (exact) mass is 1340 g/mol. The average Bonchev–Trinajstić information content (AvgIpc) is 0.952. The summed E-state index contributed by atoms with van der Waals surface area (Å²) in [6.45, 7) is 5.64. The van der Waals surface area contributed by atoms with E-state index in [-0.39, 0.29) is 111 Å². The summed E-state index contributed by atoms with van der Waals surface area (Å²) in [4.78, 5) is 129. The van der Waals surface area contributed by atoms with Gasteiger partial charge in [-0.15, -0.1) is 0 Å². The van der Waals surface area contributed by atoms with Crippen LogP contribution in [0.15, 0.2) is 58.6 Å². The molecule has 0 aliphatic carbocycles. The normalized spacial score (nSPS) is 15.8. The maximum absolute atomic E-state index is 13.7. The number of aliphatic carboxylic acids is 3. The highest BCUT2D eigenvalue weighted by Gasteiger charge is 2.34. The van der Waals surface area contributed by atoms with E-state index >= 15 is 0 Å². The number of hydrogen-bond acceptors (Lipinski definition) is 22. The van der Waals surface area contributed by atoms with Crippen molar-refractivity contribution in [3.63, 3.8) is 0 Å². The van der Waals surface area contributed by atoms with Gasteiger partial charge >= 0.3 is 17.9 Å². The van der Waals surface area contributed by atoms with Gasteiger partial charge < -0.3 is 84.6 Å². The Balaban J connectivity index is 1.08. The molecule has 4 atom stereocenters. The van der Waals surface area contributed by atoms with Gasteiger partial charge in [-0.3, -0.25) is 57.9 Å². The quantitative estimate of drug-likeness (QED) is 0.0179. The van der Waals surface area contributed by atoms with Crippen LogP contribution in [-0.2, 0) is 68.3 Å². The number of rotatable bonds is 33. The first-order valence-electron chi connectivity index (χ1n) is 28.6. The molecule has 0 bridgehead atoms. The van der Waals surface area contributed by atoms with Crippen LogP contribution in [0, 0.1) is 13.8 Å². The fourth-order valence-corrected chi connectivity index (χ4v) is 12.5. The second kappa shape index (κ2) is 35.2. The van der Waals surface area contributed by atoms with Gasteiger partial charge in [0.25, 0.3) is 5.91 Å². The van der Waals surface area contributed by atoms with Crippen molar-refractivity contribution in [1.82, 2.24) is 65.4 Å². The van der Waals surface area contributed by atoms with E-state index in [4.69, 9.17) is 4.74 Å². The van der Waals surface area contributed by atoms with E-state index in [1.54, 1.807) is 56.9 Å². The number of carbonyl (C=O) groups excluding carboxylic acids is 5. The number of aryl methyl sites for hydroxylation is 3. The summed E-state index contributed by atoms with van der Waals surface area (Å²) < 4.78 is 88.3. The predicted molar refractivity (Wildman–Crippen MR) is 332 cm³/mol. The maximum Gasteiger partial charge on any atom is 0.323 e. The van der Waals surface area contributed by atoms with Crippen molar-refractivity contribution in [2.45, 2.75) is 63.2 Å². The van der Waals surface area contributed by atoms with E-state index in [9.17, 15) is 89.3 Å². The number of likely N-dealkylation sites (N-methyl/N-ethyl adjacent to an activating group) is 1. The molecule has 0 saturated carbocycles. The number of amides is 5. The minimum absolute atomic E-state index is 0.0345. The van der Waals surface area contributed by atoms with Gasteiger partial charge in [0.2, 0.25) is 39.1 Å². The van der Waals surface area contributed by atoms with Crippen molar-refractivity contribution in [1.29, 1.82) is 0 Å². The van der Waals surface area contributed by atoms with Crippen LogP contribution in [0.4, 0.5) is 5.95 Å². The first-order valence-corrected chi connectivity index (χ1v) is 33.0. The van der Waals surface area contributed by atoms with Crippen molar-refractivity contribution in [3.05, 3.63) is 81.4 Å². The van der Waals surface area contributed by atoms with Crippen LogP contribution in [0.5, 0.6) is 5.75 Å². The van der Waals surface area contributed by atoms with Gasteiger partial charge in [0, 0.05) is 116 Å². The molecule has 2 aromatic carbocycles. The highest BCUT2D eigenvalue weighted by molar-refractivity contribution is 8.19. The molecule has 1 aliphatic heterocycles. The third kappa shape index (κ3) is 24.8. The fraction of sp³-hybridized carbons (Fsp3) is 0.519. The lowest BCUT2D eigenvalue weighted by molar-refractivity contribution is -0.140. The largest absolute Gasteiger partial charge is 0.494 e. The van der Waals surface area contributed by atoms with Crippen molar-refractivity contribution < 1.29 is 89.3 Å². The second-order valence-electron chi connectivity index (χ2n) is 21.3. The average molecular weight is 1340 g/mol. The number of carboxylic acids is 3. The highest BCUT2D eigenvalue weighted by atomic mass is 32.3. The predicted octanol–water partition coefficient (Wildman–Crippen LogP) is -2.13. The smallest absolute Gasteiger partial charge is 0.323 e. The SMILES string of the molecule is CCN1CCN(CC(=O)O)CCN(CC(=O)O)CCN(CC(=O)N[C@@H](CS(O)(O)O)C(=O)N[C@@H](CS(=O)O)C(=O)NCCNC(=O)CCCOc2cc(C)c(S(=O)(=O)N[C@@H](CNC(=O)c3cn(C)c4cc(CNc5ncc[nH]5)ccc4c3=O)C(=O)O)c(C)c2)CC1. The Morgan fingerprint density at radius 3 is 1.90 bits per heavy atom. The first kappa shape index (κ1) is 74.0. The molecular weight excluding hydrogens is 1260 g/mol. The molecule has 5 rings (SSSR count). The third-order valence-electron chi connectivity index (χ3n) is 14.2. The number of aromatic amines is 1. The molecule has 5 amide bonds. The van der Waals surface area contributed by atoms with Gasteiger partial charge in [0.15, 0.2) is 17.0 Å². The van der Waals surface area contributed by atoms with Crippen LogP contribution >= 0.6 is 10.9 Å². The molecule has 1 fully saturated rings. The maximum atomic E-state index is 13.7. The fourth-order valence-electron chi connectivity index (χ4n) is 9.70. The number of carboxylic acid groups (broad SMARTS) is 3. The summed E-state index contributed by atoms with van der Waals surface area (Å²) in [5.74, 6) is -9.60. The minimum Gasteiger partial charge on any atom is -0.494 e. The standard InChI is InChI=1S/C54H80N14O20S3/c1-5-65-14-16-66(18-19-68(31-47(73)74)21-20-67(17-15-65)30-46(71)72)29-45(70)61-42(33-90(83,84)85)52(78)62-41(32-89(81)82)51(77)56-11-10-55-44(69)7-6-22-88-37-23-34(2)49(35(3)24-37)91(86,87)63-40(53(79)80)27-59-50(76)39-28-64(4)43-25-36(8-9-38(43)48(39)75)26-60-54-57-12-13-58-54/h8-9,12-13,23-25,28,40-42,63,83-85H,5-7,10-11,14-22,26-27,29-33H2,1-4H3,(H,55,69)(H,56,77)(H,59,76)(H,61,70)(H,62,78)(H,71,72)(H,73,74)(H,79,80)(H,81,82)(H2,57,58,60)/t40-,41-,42-/m0/s1. The van der Waals surface area contributed by atoms with Crippen LogP contribution in [-0.4, -0.2) is 262 Å². The summed E-state index contributed by atoms with van der Waals surface area (Å²) in [5.41, 5.74) is 0.733. The van der Waals surface area contributed by atoms with Gasteiger partial charge in [0.1, 0.15) is 29.4 Å². The number of carbonyl (C=O) groups is 8. The molecule has 4 aromatic rings. The van der Waals surface area contributed by atoms with Gasteiger partial charge in [-0.1, -0.05) is 13.0 Å². The Morgan fingerprint density at radius 1 is 0.758 bits per heavy atom. The van der Waals surface area contributed by atoms with Crippen molar-refractivity contribution in [2.75, 3.05) is 122 Å². The summed E-state index contributed by atoms with van der Waals surface area (Å²) in [5, 5.41) is 44.1. The molecule has 3 heterocycles. The Hall–Kier alpha value is -7.69. The molecular formula is C54H80N14O20S3. The lowest BCUT2D eigenvalue weighted by Crippen LogP contribution is -2.58. The lowest BCUT2D eigenvalue weighted by Gasteiger charge is -2.33. The number of aromatic nitrogens is 3. The third-order valence-corrected chi connectivity index (χ3v) is 17.4. The minimum atomic E-state index is -4.56. The number of ether oxygens (including phenoxy) is 1. The molecule has 34 nitrogen and oxygen atoms in total. The van der Waals surface area contributed by atoms with Crippen LogP contribution in [0.2, 0.25) is 0 Å². The Labute approximate surface area is 527 Å². The van der Waals surface area contributed by atoms with Gasteiger partial charge in [-0.2, -0.15) is 4.72 Å². The number of anilines is 1. The molecule has 37 heteroatoms. The van der Waals surface area contributed by atoms with Crippen LogP contribution < -0.4 is 46.8 Å². The second-order valence-corrected chi connectivity index (χ2v) is 25.6. The Bertz CT molecular complexity index is 3380. The van der Waals surface area contributed by atoms with Crippen LogP contribution in [0.3, 0.4) is 0 Å². The van der Waals surface area contributed by atoms with Crippen molar-refractivity contribution >= 4 is 96.3 Å². The number of imidazole rings is 1. The van der Waals surface area contributed by atoms with Crippen molar-refractivity contribution in [3.8, 4) is 5.75 Å². The summed E-state index contributed by atoms with van der Waals surface area (Å²) in [6, 6.07) is 2.28. The van der Waals surface area contributed by atoms with E-state index in [0.717, 1.165) is 5.56 Å². The van der Waals surface area contributed by atoms with Gasteiger partial charge in [0.05, 0.1) is 59.0 Å². The number of fused-ring (bicyclic) bond motifs is 1. The molecule has 1 unspecified atom stereocenters. The zero-order valence-electron chi connectivity index (χ0n) is 50.5. The van der Waals surface area contributed by atoms with E-state index in [0.29, 0.717) is 44.2 Å². The van der Waals surface area contributed by atoms with Crippen LogP contribution in [0.1, 0.15) is 46.8 Å². The van der Waals surface area contributed by atoms with E-state index in [1.165, 1.54) is 32.2 Å². The highest BCUT2D eigenvalue weighted by Crippen LogP contribution is 2.33.